The highest BCUT2D eigenvalue weighted by atomic mass is 16.5. The van der Waals surface area contributed by atoms with Crippen LogP contribution in [0.3, 0.4) is 0 Å². The first-order valence-electron chi connectivity index (χ1n) is 5.72. The van der Waals surface area contributed by atoms with Crippen molar-refractivity contribution in [3.8, 4) is 0 Å². The summed E-state index contributed by atoms with van der Waals surface area (Å²) in [5.74, 6) is 0.620. The average molecular weight is 209 g/mol. The highest BCUT2D eigenvalue weighted by Crippen LogP contribution is 2.51. The maximum absolute atomic E-state index is 11.0. The van der Waals surface area contributed by atoms with Crippen LogP contribution in [0.2, 0.25) is 0 Å². The number of nitrogens with one attached hydrogen (secondary N) is 1. The molecule has 2 aliphatic rings. The first-order valence-corrected chi connectivity index (χ1v) is 5.72. The molecule has 2 fully saturated rings. The molecule has 1 N–H and O–H groups in total. The minimum atomic E-state index is -0.0528. The van der Waals surface area contributed by atoms with E-state index < -0.39 is 0 Å². The molecule has 1 saturated carbocycles. The maximum atomic E-state index is 11.0. The van der Waals surface area contributed by atoms with Crippen LogP contribution in [-0.4, -0.2) is 25.7 Å². The van der Waals surface area contributed by atoms with Gasteiger partial charge in [-0.1, -0.05) is 6.58 Å². The largest absolute Gasteiger partial charge is 0.381 e. The third kappa shape index (κ3) is 2.40. The van der Waals surface area contributed by atoms with Gasteiger partial charge in [-0.3, -0.25) is 4.79 Å². The van der Waals surface area contributed by atoms with Gasteiger partial charge < -0.3 is 10.1 Å². The van der Waals surface area contributed by atoms with Crippen LogP contribution in [0.25, 0.3) is 0 Å². The molecule has 2 rings (SSSR count). The molecule has 0 aromatic rings. The van der Waals surface area contributed by atoms with Gasteiger partial charge in [0.1, 0.15) is 0 Å². The Morgan fingerprint density at radius 1 is 1.47 bits per heavy atom. The van der Waals surface area contributed by atoms with Crippen LogP contribution >= 0.6 is 0 Å². The fraction of sp³-hybridized carbons (Fsp3) is 0.750. The number of rotatable bonds is 3. The van der Waals surface area contributed by atoms with Crippen molar-refractivity contribution in [3.63, 3.8) is 0 Å². The number of amides is 1. The number of carbonyl (C=O) groups is 1. The first kappa shape index (κ1) is 10.7. The topological polar surface area (TPSA) is 38.3 Å². The molecule has 1 aliphatic heterocycles. The summed E-state index contributed by atoms with van der Waals surface area (Å²) in [4.78, 5) is 11.0. The average Bonchev–Trinajstić information content (AvgIpc) is 2.24. The van der Waals surface area contributed by atoms with Crippen molar-refractivity contribution >= 4 is 5.91 Å². The summed E-state index contributed by atoms with van der Waals surface area (Å²) in [6, 6.07) is 0. The minimum absolute atomic E-state index is 0.0528. The zero-order valence-corrected chi connectivity index (χ0v) is 9.13. The van der Waals surface area contributed by atoms with E-state index in [0.29, 0.717) is 11.3 Å². The zero-order valence-electron chi connectivity index (χ0n) is 9.13. The van der Waals surface area contributed by atoms with E-state index in [9.17, 15) is 4.79 Å². The Morgan fingerprint density at radius 2 is 2.13 bits per heavy atom. The monoisotopic (exact) mass is 209 g/mol. The molecule has 0 radical (unpaired) electrons. The summed E-state index contributed by atoms with van der Waals surface area (Å²) >= 11 is 0. The molecular formula is C12H19NO2. The van der Waals surface area contributed by atoms with Gasteiger partial charge in [-0.2, -0.15) is 0 Å². The van der Waals surface area contributed by atoms with Gasteiger partial charge >= 0.3 is 0 Å². The van der Waals surface area contributed by atoms with Crippen molar-refractivity contribution in [1.82, 2.24) is 5.32 Å². The summed E-state index contributed by atoms with van der Waals surface area (Å²) < 4.78 is 5.37. The van der Waals surface area contributed by atoms with Gasteiger partial charge in [-0.15, -0.1) is 0 Å². The Bertz CT molecular complexity index is 248. The molecule has 15 heavy (non-hydrogen) atoms. The van der Waals surface area contributed by atoms with E-state index in [0.717, 1.165) is 19.8 Å². The SMILES string of the molecule is C=CC(=O)NCC1CC2(CCOCC2)C1. The van der Waals surface area contributed by atoms with E-state index >= 15 is 0 Å². The molecule has 1 heterocycles. The lowest BCUT2D eigenvalue weighted by Gasteiger charge is -2.50. The highest BCUT2D eigenvalue weighted by Gasteiger charge is 2.44. The van der Waals surface area contributed by atoms with Gasteiger partial charge in [0.2, 0.25) is 5.91 Å². The zero-order chi connectivity index (χ0) is 10.7. The van der Waals surface area contributed by atoms with E-state index in [4.69, 9.17) is 4.74 Å². The predicted octanol–water partition coefficient (Wildman–Crippen LogP) is 1.50. The first-order chi connectivity index (χ1) is 7.24. The third-order valence-corrected chi connectivity index (χ3v) is 3.75. The Hall–Kier alpha value is -0.830. The summed E-state index contributed by atoms with van der Waals surface area (Å²) in [5.41, 5.74) is 0.557. The summed E-state index contributed by atoms with van der Waals surface area (Å²) in [6.07, 6.45) is 6.27. The van der Waals surface area contributed by atoms with Crippen molar-refractivity contribution in [1.29, 1.82) is 0 Å². The van der Waals surface area contributed by atoms with E-state index in [-0.39, 0.29) is 5.91 Å². The standard InChI is InChI=1S/C12H19NO2/c1-2-11(14)13-9-10-7-12(8-10)3-5-15-6-4-12/h2,10H,1,3-9H2,(H,13,14). The highest BCUT2D eigenvalue weighted by molar-refractivity contribution is 5.86. The Kier molecular flexibility index (Phi) is 3.10. The molecular weight excluding hydrogens is 190 g/mol. The second kappa shape index (κ2) is 4.35. The minimum Gasteiger partial charge on any atom is -0.381 e. The molecule has 84 valence electrons. The van der Waals surface area contributed by atoms with Gasteiger partial charge in [0, 0.05) is 19.8 Å². The van der Waals surface area contributed by atoms with Crippen molar-refractivity contribution in [3.05, 3.63) is 12.7 Å². The van der Waals surface area contributed by atoms with Crippen LogP contribution in [0, 0.1) is 11.3 Å². The summed E-state index contributed by atoms with van der Waals surface area (Å²) in [6.45, 7) is 6.09. The van der Waals surface area contributed by atoms with Crippen LogP contribution in [0.5, 0.6) is 0 Å². The Morgan fingerprint density at radius 3 is 2.73 bits per heavy atom. The van der Waals surface area contributed by atoms with Crippen LogP contribution in [0.15, 0.2) is 12.7 Å². The van der Waals surface area contributed by atoms with E-state index in [1.807, 2.05) is 0 Å². The molecule has 1 saturated heterocycles. The second-order valence-corrected chi connectivity index (χ2v) is 4.84. The summed E-state index contributed by atoms with van der Waals surface area (Å²) in [5, 5.41) is 2.87. The molecule has 0 aromatic heterocycles. The number of ether oxygens (including phenoxy) is 1. The van der Waals surface area contributed by atoms with Gasteiger partial charge in [-0.05, 0) is 43.1 Å². The second-order valence-electron chi connectivity index (χ2n) is 4.84. The fourth-order valence-electron chi connectivity index (χ4n) is 2.84. The molecule has 0 unspecified atom stereocenters. The predicted molar refractivity (Wildman–Crippen MR) is 58.4 cm³/mol. The lowest BCUT2D eigenvalue weighted by Crippen LogP contribution is -2.45. The smallest absolute Gasteiger partial charge is 0.243 e. The maximum Gasteiger partial charge on any atom is 0.243 e. The van der Waals surface area contributed by atoms with Crippen LogP contribution in [-0.2, 0) is 9.53 Å². The van der Waals surface area contributed by atoms with E-state index in [1.165, 1.54) is 31.8 Å². The molecule has 1 aliphatic carbocycles. The van der Waals surface area contributed by atoms with Gasteiger partial charge in [0.15, 0.2) is 0 Å². The molecule has 1 amide bonds. The normalized spacial score (nSPS) is 24.5. The molecule has 3 heteroatoms. The number of carbonyl (C=O) groups excluding carboxylic acids is 1. The van der Waals surface area contributed by atoms with E-state index in [2.05, 4.69) is 11.9 Å². The quantitative estimate of drug-likeness (QED) is 0.715. The van der Waals surface area contributed by atoms with Crippen LogP contribution < -0.4 is 5.32 Å². The van der Waals surface area contributed by atoms with Crippen molar-refractivity contribution < 1.29 is 9.53 Å². The summed E-state index contributed by atoms with van der Waals surface area (Å²) in [7, 11) is 0. The van der Waals surface area contributed by atoms with Gasteiger partial charge in [0.05, 0.1) is 0 Å². The van der Waals surface area contributed by atoms with Gasteiger partial charge in [0.25, 0.3) is 0 Å². The van der Waals surface area contributed by atoms with E-state index in [1.54, 1.807) is 0 Å². The van der Waals surface area contributed by atoms with Crippen molar-refractivity contribution in [2.45, 2.75) is 25.7 Å². The molecule has 0 bridgehead atoms. The van der Waals surface area contributed by atoms with Crippen molar-refractivity contribution in [2.24, 2.45) is 11.3 Å². The fourth-order valence-corrected chi connectivity index (χ4v) is 2.84. The lowest BCUT2D eigenvalue weighted by molar-refractivity contribution is -0.117. The van der Waals surface area contributed by atoms with Crippen LogP contribution in [0.4, 0.5) is 0 Å². The Balaban J connectivity index is 1.68. The number of hydrogen-bond donors (Lipinski definition) is 1. The molecule has 3 nitrogen and oxygen atoms in total. The Labute approximate surface area is 90.9 Å². The molecule has 0 atom stereocenters. The molecule has 1 spiro atoms. The van der Waals surface area contributed by atoms with Gasteiger partial charge in [-0.25, -0.2) is 0 Å². The third-order valence-electron chi connectivity index (χ3n) is 3.75. The van der Waals surface area contributed by atoms with Crippen molar-refractivity contribution in [2.75, 3.05) is 19.8 Å². The van der Waals surface area contributed by atoms with Crippen LogP contribution in [0.1, 0.15) is 25.7 Å². The lowest BCUT2D eigenvalue weighted by atomic mass is 9.58. The number of hydrogen-bond acceptors (Lipinski definition) is 2. The molecule has 0 aromatic carbocycles.